The fourth-order valence-corrected chi connectivity index (χ4v) is 4.31. The fourth-order valence-electron chi connectivity index (χ4n) is 4.31. The van der Waals surface area contributed by atoms with Crippen molar-refractivity contribution < 1.29 is 14.3 Å². The molecule has 27 heavy (non-hydrogen) atoms. The Bertz CT molecular complexity index is 927. The van der Waals surface area contributed by atoms with Crippen molar-refractivity contribution in [1.29, 1.82) is 0 Å². The van der Waals surface area contributed by atoms with Crippen molar-refractivity contribution >= 4 is 23.2 Å². The van der Waals surface area contributed by atoms with Crippen molar-refractivity contribution in [3.05, 3.63) is 53.6 Å². The number of fused-ring (bicyclic) bond motifs is 4. The molecular weight excluding hydrogens is 342 g/mol. The van der Waals surface area contributed by atoms with Gasteiger partial charge in [0.05, 0.1) is 24.0 Å². The van der Waals surface area contributed by atoms with E-state index in [1.807, 2.05) is 36.4 Å². The van der Waals surface area contributed by atoms with Crippen LogP contribution in [0.25, 0.3) is 0 Å². The minimum Gasteiger partial charge on any atom is -0.493 e. The lowest BCUT2D eigenvalue weighted by atomic mass is 10.00. The monoisotopic (exact) mass is 363 g/mol. The number of nitrogens with one attached hydrogen (secondary N) is 2. The lowest BCUT2D eigenvalue weighted by Gasteiger charge is -2.33. The van der Waals surface area contributed by atoms with Gasteiger partial charge in [-0.3, -0.25) is 9.59 Å². The standard InChI is InChI=1S/C21H21N3O3/c25-20(22-15-9-11-27-19-6-2-1-4-14(15)19)13-7-8-17-16(12-13)23-21(26)18-5-3-10-24(17)18/h1-2,4,6-8,12,15,18H,3,5,9-11H2,(H,22,25)(H,23,26). The number of benzene rings is 2. The van der Waals surface area contributed by atoms with Gasteiger partial charge in [-0.2, -0.15) is 0 Å². The van der Waals surface area contributed by atoms with E-state index in [1.165, 1.54) is 0 Å². The van der Waals surface area contributed by atoms with Crippen molar-refractivity contribution in [3.8, 4) is 5.75 Å². The van der Waals surface area contributed by atoms with E-state index in [-0.39, 0.29) is 23.9 Å². The highest BCUT2D eigenvalue weighted by molar-refractivity contribution is 6.06. The molecule has 6 heteroatoms. The molecule has 0 aliphatic carbocycles. The quantitative estimate of drug-likeness (QED) is 0.861. The molecule has 0 saturated carbocycles. The Labute approximate surface area is 157 Å². The second-order valence-corrected chi connectivity index (χ2v) is 7.27. The summed E-state index contributed by atoms with van der Waals surface area (Å²) >= 11 is 0. The number of anilines is 2. The summed E-state index contributed by atoms with van der Waals surface area (Å²) in [5.74, 6) is 0.708. The van der Waals surface area contributed by atoms with Gasteiger partial charge in [0.15, 0.2) is 0 Å². The molecule has 1 fully saturated rings. The first-order valence-corrected chi connectivity index (χ1v) is 9.45. The number of ether oxygens (including phenoxy) is 1. The highest BCUT2D eigenvalue weighted by atomic mass is 16.5. The first-order chi connectivity index (χ1) is 13.2. The second kappa shape index (κ2) is 6.30. The molecule has 6 nitrogen and oxygen atoms in total. The van der Waals surface area contributed by atoms with Gasteiger partial charge in [-0.25, -0.2) is 0 Å². The van der Waals surface area contributed by atoms with Crippen molar-refractivity contribution in [3.63, 3.8) is 0 Å². The Balaban J connectivity index is 1.39. The van der Waals surface area contributed by atoms with Gasteiger partial charge in [-0.1, -0.05) is 18.2 Å². The summed E-state index contributed by atoms with van der Waals surface area (Å²) in [7, 11) is 0. The van der Waals surface area contributed by atoms with E-state index in [1.54, 1.807) is 6.07 Å². The number of carbonyl (C=O) groups excluding carboxylic acids is 2. The molecule has 5 rings (SSSR count). The van der Waals surface area contributed by atoms with E-state index in [9.17, 15) is 9.59 Å². The average Bonchev–Trinajstić information content (AvgIpc) is 3.19. The summed E-state index contributed by atoms with van der Waals surface area (Å²) in [6.07, 6.45) is 2.64. The summed E-state index contributed by atoms with van der Waals surface area (Å²) in [6, 6.07) is 13.2. The molecule has 0 aromatic heterocycles. The van der Waals surface area contributed by atoms with E-state index >= 15 is 0 Å². The predicted molar refractivity (Wildman–Crippen MR) is 102 cm³/mol. The summed E-state index contributed by atoms with van der Waals surface area (Å²) in [6.45, 7) is 1.47. The normalized spacial score (nSPS) is 22.8. The first-order valence-electron chi connectivity index (χ1n) is 9.45. The summed E-state index contributed by atoms with van der Waals surface area (Å²) in [4.78, 5) is 27.3. The number of para-hydroxylation sites is 1. The summed E-state index contributed by atoms with van der Waals surface area (Å²) in [5, 5.41) is 6.08. The molecule has 0 bridgehead atoms. The van der Waals surface area contributed by atoms with Crippen LogP contribution < -0.4 is 20.3 Å². The van der Waals surface area contributed by atoms with Gasteiger partial charge in [0.1, 0.15) is 11.8 Å². The zero-order chi connectivity index (χ0) is 18.4. The number of hydrogen-bond donors (Lipinski definition) is 2. The van der Waals surface area contributed by atoms with Crippen molar-refractivity contribution in [2.24, 2.45) is 0 Å². The highest BCUT2D eigenvalue weighted by Gasteiger charge is 2.36. The lowest BCUT2D eigenvalue weighted by Crippen LogP contribution is -2.44. The number of amides is 2. The van der Waals surface area contributed by atoms with Crippen molar-refractivity contribution in [2.45, 2.75) is 31.3 Å². The minimum absolute atomic E-state index is 0.0240. The maximum absolute atomic E-state index is 12.8. The molecule has 2 N–H and O–H groups in total. The molecule has 2 unspecified atom stereocenters. The van der Waals surface area contributed by atoms with Crippen LogP contribution in [0.4, 0.5) is 11.4 Å². The molecule has 2 aromatic rings. The smallest absolute Gasteiger partial charge is 0.251 e. The van der Waals surface area contributed by atoms with Crippen molar-refractivity contribution in [2.75, 3.05) is 23.4 Å². The molecule has 138 valence electrons. The largest absolute Gasteiger partial charge is 0.493 e. The topological polar surface area (TPSA) is 70.7 Å². The Morgan fingerprint density at radius 3 is 3.00 bits per heavy atom. The van der Waals surface area contributed by atoms with Gasteiger partial charge in [-0.05, 0) is 37.1 Å². The van der Waals surface area contributed by atoms with Crippen molar-refractivity contribution in [1.82, 2.24) is 5.32 Å². The van der Waals surface area contributed by atoms with E-state index in [0.717, 1.165) is 48.5 Å². The molecule has 3 aliphatic rings. The first kappa shape index (κ1) is 16.2. The zero-order valence-corrected chi connectivity index (χ0v) is 14.9. The van der Waals surface area contributed by atoms with E-state index < -0.39 is 0 Å². The van der Waals surface area contributed by atoms with Crippen LogP contribution in [0.15, 0.2) is 42.5 Å². The van der Waals surface area contributed by atoms with Crippen LogP contribution >= 0.6 is 0 Å². The Morgan fingerprint density at radius 1 is 1.19 bits per heavy atom. The van der Waals surface area contributed by atoms with E-state index in [0.29, 0.717) is 12.2 Å². The highest BCUT2D eigenvalue weighted by Crippen LogP contribution is 2.37. The SMILES string of the molecule is O=C(NC1CCOc2ccccc21)c1ccc2c(c1)NC(=O)C1CCCN21. The van der Waals surface area contributed by atoms with Gasteiger partial charge in [0, 0.05) is 24.1 Å². The summed E-state index contributed by atoms with van der Waals surface area (Å²) in [5.41, 5.74) is 3.28. The third kappa shape index (κ3) is 2.72. The minimum atomic E-state index is -0.141. The third-order valence-electron chi connectivity index (χ3n) is 5.65. The van der Waals surface area contributed by atoms with Crippen LogP contribution in [0, 0.1) is 0 Å². The number of hydrogen-bond acceptors (Lipinski definition) is 4. The average molecular weight is 363 g/mol. The fraction of sp³-hybridized carbons (Fsp3) is 0.333. The third-order valence-corrected chi connectivity index (χ3v) is 5.65. The Kier molecular flexibility index (Phi) is 3.77. The Hall–Kier alpha value is -3.02. The number of carbonyl (C=O) groups is 2. The van der Waals surface area contributed by atoms with Crippen LogP contribution in [0.3, 0.4) is 0 Å². The predicted octanol–water partition coefficient (Wildman–Crippen LogP) is 2.86. The van der Waals surface area contributed by atoms with Crippen LogP contribution in [-0.4, -0.2) is 31.0 Å². The molecule has 3 heterocycles. The van der Waals surface area contributed by atoms with E-state index in [2.05, 4.69) is 15.5 Å². The van der Waals surface area contributed by atoms with Gasteiger partial charge in [-0.15, -0.1) is 0 Å². The maximum Gasteiger partial charge on any atom is 0.251 e. The van der Waals surface area contributed by atoms with Gasteiger partial charge < -0.3 is 20.3 Å². The molecule has 3 aliphatic heterocycles. The molecule has 2 aromatic carbocycles. The van der Waals surface area contributed by atoms with E-state index in [4.69, 9.17) is 4.74 Å². The molecule has 1 saturated heterocycles. The molecular formula is C21H21N3O3. The Morgan fingerprint density at radius 2 is 2.07 bits per heavy atom. The van der Waals surface area contributed by atoms with Crippen LogP contribution in [0.2, 0.25) is 0 Å². The summed E-state index contributed by atoms with van der Waals surface area (Å²) < 4.78 is 5.66. The van der Waals surface area contributed by atoms with Gasteiger partial charge in [0.2, 0.25) is 5.91 Å². The van der Waals surface area contributed by atoms with Crippen LogP contribution in [0.1, 0.15) is 41.2 Å². The second-order valence-electron chi connectivity index (χ2n) is 7.27. The zero-order valence-electron chi connectivity index (χ0n) is 14.9. The van der Waals surface area contributed by atoms with Crippen LogP contribution in [0.5, 0.6) is 5.75 Å². The molecule has 0 spiro atoms. The molecule has 0 radical (unpaired) electrons. The maximum atomic E-state index is 12.8. The van der Waals surface area contributed by atoms with Gasteiger partial charge >= 0.3 is 0 Å². The van der Waals surface area contributed by atoms with Gasteiger partial charge in [0.25, 0.3) is 5.91 Å². The van der Waals surface area contributed by atoms with Crippen LogP contribution in [-0.2, 0) is 4.79 Å². The number of nitrogens with zero attached hydrogens (tertiary/aromatic N) is 1. The molecule has 2 atom stereocenters. The number of rotatable bonds is 2. The lowest BCUT2D eigenvalue weighted by molar-refractivity contribution is -0.117. The molecule has 2 amide bonds.